The van der Waals surface area contributed by atoms with E-state index < -0.39 is 7.82 Å². The number of unbranched alkanes of at least 4 members (excludes halogenated alkanes) is 3. The van der Waals surface area contributed by atoms with Gasteiger partial charge in [-0.2, -0.15) is 0 Å². The van der Waals surface area contributed by atoms with E-state index in [1.54, 1.807) is 0 Å². The van der Waals surface area contributed by atoms with Crippen LogP contribution in [-0.4, -0.2) is 32.7 Å². The highest BCUT2D eigenvalue weighted by Crippen LogP contribution is 2.36. The number of hydrogen-bond acceptors (Lipinski definition) is 6. The van der Waals surface area contributed by atoms with Gasteiger partial charge in [0.05, 0.1) is 6.61 Å². The number of nitrogens with one attached hydrogen (secondary N) is 1. The van der Waals surface area contributed by atoms with Crippen LogP contribution in [0.15, 0.2) is 5.11 Å². The highest BCUT2D eigenvalue weighted by molar-refractivity contribution is 7.45. The van der Waals surface area contributed by atoms with Crippen LogP contribution in [0.5, 0.6) is 0 Å². The lowest BCUT2D eigenvalue weighted by Gasteiger charge is -2.19. The Balaban J connectivity index is 3.34. The van der Waals surface area contributed by atoms with E-state index in [1.165, 1.54) is 0 Å². The lowest BCUT2D eigenvalue weighted by Crippen LogP contribution is -2.26. The monoisotopic (exact) mass is 293 g/mol. The average Bonchev–Trinajstić information content (AvgIpc) is 2.39. The number of phosphoric acid groups is 1. The van der Waals surface area contributed by atoms with Gasteiger partial charge in [0.25, 0.3) is 7.82 Å². The summed E-state index contributed by atoms with van der Waals surface area (Å²) in [4.78, 5) is 24.3. The van der Waals surface area contributed by atoms with E-state index in [-0.39, 0.29) is 19.1 Å². The number of carbonyl (C=O) groups excluding carboxylic acids is 1. The van der Waals surface area contributed by atoms with Gasteiger partial charge < -0.3 is 19.3 Å². The van der Waals surface area contributed by atoms with Crippen LogP contribution in [0, 0.1) is 0 Å². The van der Waals surface area contributed by atoms with Crippen LogP contribution in [0.25, 0.3) is 10.4 Å². The Hall–Kier alpha value is -1.11. The summed E-state index contributed by atoms with van der Waals surface area (Å²) in [6.45, 7) is 0.400. The van der Waals surface area contributed by atoms with E-state index in [1.807, 2.05) is 0 Å². The van der Waals surface area contributed by atoms with E-state index >= 15 is 0 Å². The summed E-state index contributed by atoms with van der Waals surface area (Å²) in [5.74, 6) is -0.312. The van der Waals surface area contributed by atoms with Crippen LogP contribution in [0.1, 0.15) is 25.7 Å². The summed E-state index contributed by atoms with van der Waals surface area (Å²) in [5.41, 5.74) is 8.00. The molecule has 1 unspecified atom stereocenters. The molecule has 19 heavy (non-hydrogen) atoms. The van der Waals surface area contributed by atoms with Gasteiger partial charge in [-0.1, -0.05) is 18.0 Å². The molecule has 0 heterocycles. The number of azide groups is 1. The van der Waals surface area contributed by atoms with E-state index in [0.717, 1.165) is 26.4 Å². The highest BCUT2D eigenvalue weighted by Gasteiger charge is 2.04. The maximum Gasteiger partial charge on any atom is 0.267 e. The topological polar surface area (TPSA) is 136 Å². The molecule has 0 aliphatic carbocycles. The summed E-state index contributed by atoms with van der Waals surface area (Å²) >= 11 is 0. The van der Waals surface area contributed by atoms with E-state index in [9.17, 15) is 14.3 Å². The minimum absolute atomic E-state index is 0.0951. The molecule has 1 N–H and O–H groups in total. The largest absolute Gasteiger partial charge is 0.756 e. The molecule has 0 aliphatic heterocycles. The van der Waals surface area contributed by atoms with Gasteiger partial charge in [-0.25, -0.2) is 0 Å². The zero-order valence-corrected chi connectivity index (χ0v) is 11.7. The summed E-state index contributed by atoms with van der Waals surface area (Å²) in [6.07, 6.45) is 2.99. The summed E-state index contributed by atoms with van der Waals surface area (Å²) < 4.78 is 19.5. The normalized spacial score (nSPS) is 13.4. The Morgan fingerprint density at radius 1 is 1.42 bits per heavy atom. The number of amides is 1. The molecule has 110 valence electrons. The Bertz CT molecular complexity index is 359. The molecule has 0 spiro atoms. The first-order valence-electron chi connectivity index (χ1n) is 5.80. The van der Waals surface area contributed by atoms with Crippen molar-refractivity contribution in [1.82, 2.24) is 5.32 Å². The molecule has 0 saturated carbocycles. The third kappa shape index (κ3) is 11.7. The SMILES string of the molecule is COP(=O)([O-])OCCCCCCNC(=O)CN=[N+]=[N-]. The summed E-state index contributed by atoms with van der Waals surface area (Å²) in [7, 11) is -3.06. The lowest BCUT2D eigenvalue weighted by molar-refractivity contribution is -0.223. The predicted molar refractivity (Wildman–Crippen MR) is 66.1 cm³/mol. The minimum atomic E-state index is -4.11. The fourth-order valence-electron chi connectivity index (χ4n) is 1.19. The van der Waals surface area contributed by atoms with Gasteiger partial charge in [0, 0.05) is 18.6 Å². The fourth-order valence-corrected chi connectivity index (χ4v) is 1.65. The van der Waals surface area contributed by atoms with Crippen LogP contribution in [-0.2, 0) is 18.4 Å². The van der Waals surface area contributed by atoms with Crippen molar-refractivity contribution in [3.8, 4) is 0 Å². The van der Waals surface area contributed by atoms with Crippen molar-refractivity contribution in [3.05, 3.63) is 10.4 Å². The third-order valence-electron chi connectivity index (χ3n) is 2.14. The molecule has 0 fully saturated rings. The Kier molecular flexibility index (Phi) is 10.1. The second kappa shape index (κ2) is 10.8. The molecule has 0 aromatic carbocycles. The molecule has 0 rings (SSSR count). The molecule has 1 amide bonds. The van der Waals surface area contributed by atoms with E-state index in [4.69, 9.17) is 5.53 Å². The van der Waals surface area contributed by atoms with Crippen molar-refractivity contribution in [2.75, 3.05) is 26.8 Å². The number of nitrogens with zero attached hydrogens (tertiary/aromatic N) is 3. The lowest BCUT2D eigenvalue weighted by atomic mass is 10.2. The Labute approximate surface area is 111 Å². The van der Waals surface area contributed by atoms with Crippen molar-refractivity contribution in [2.45, 2.75) is 25.7 Å². The van der Waals surface area contributed by atoms with Crippen LogP contribution >= 0.6 is 7.82 Å². The molecule has 0 aromatic rings. The van der Waals surface area contributed by atoms with Gasteiger partial charge in [0.1, 0.15) is 6.54 Å². The first kappa shape index (κ1) is 17.9. The zero-order valence-electron chi connectivity index (χ0n) is 10.8. The van der Waals surface area contributed by atoms with E-state index in [2.05, 4.69) is 24.4 Å². The Morgan fingerprint density at radius 2 is 2.11 bits per heavy atom. The van der Waals surface area contributed by atoms with Crippen LogP contribution in [0.2, 0.25) is 0 Å². The summed E-state index contributed by atoms with van der Waals surface area (Å²) in [6, 6.07) is 0. The van der Waals surface area contributed by atoms with Crippen molar-refractivity contribution >= 4 is 13.7 Å². The average molecular weight is 293 g/mol. The molecule has 0 bridgehead atoms. The third-order valence-corrected chi connectivity index (χ3v) is 3.09. The van der Waals surface area contributed by atoms with Crippen molar-refractivity contribution < 1.29 is 23.3 Å². The first-order chi connectivity index (χ1) is 9.02. The molecular formula is C9H18N4O5P-. The van der Waals surface area contributed by atoms with Crippen LogP contribution < -0.4 is 10.2 Å². The fraction of sp³-hybridized carbons (Fsp3) is 0.889. The van der Waals surface area contributed by atoms with E-state index in [0.29, 0.717) is 13.0 Å². The standard InChI is InChI=1S/C9H19N4O5P/c1-17-19(15,16)18-7-5-3-2-4-6-11-9(14)8-12-13-10/h2-8H2,1H3,(H,11,14)(H,15,16)/p-1. The molecule has 0 radical (unpaired) electrons. The maximum absolute atomic E-state index is 11.0. The number of hydrogen-bond donors (Lipinski definition) is 1. The van der Waals surface area contributed by atoms with Gasteiger partial charge in [0.2, 0.25) is 5.91 Å². The molecular weight excluding hydrogens is 275 g/mol. The number of carbonyl (C=O) groups is 1. The predicted octanol–water partition coefficient (Wildman–Crippen LogP) is 1.10. The minimum Gasteiger partial charge on any atom is -0.756 e. The van der Waals surface area contributed by atoms with Gasteiger partial charge in [-0.15, -0.1) is 0 Å². The van der Waals surface area contributed by atoms with Crippen molar-refractivity contribution in [3.63, 3.8) is 0 Å². The van der Waals surface area contributed by atoms with Crippen molar-refractivity contribution in [1.29, 1.82) is 0 Å². The highest BCUT2D eigenvalue weighted by atomic mass is 31.2. The molecule has 10 heteroatoms. The second-order valence-electron chi connectivity index (χ2n) is 3.62. The second-order valence-corrected chi connectivity index (χ2v) is 5.13. The molecule has 0 aliphatic rings. The van der Waals surface area contributed by atoms with Gasteiger partial charge in [0.15, 0.2) is 0 Å². The number of phosphoric ester groups is 1. The maximum atomic E-state index is 11.0. The Morgan fingerprint density at radius 3 is 2.74 bits per heavy atom. The van der Waals surface area contributed by atoms with Gasteiger partial charge >= 0.3 is 0 Å². The van der Waals surface area contributed by atoms with Crippen LogP contribution in [0.4, 0.5) is 0 Å². The zero-order chi connectivity index (χ0) is 14.6. The van der Waals surface area contributed by atoms with Crippen LogP contribution in [0.3, 0.4) is 0 Å². The van der Waals surface area contributed by atoms with Gasteiger partial charge in [-0.05, 0) is 18.4 Å². The summed E-state index contributed by atoms with van der Waals surface area (Å²) in [5, 5.41) is 5.72. The molecule has 0 saturated heterocycles. The number of rotatable bonds is 11. The smallest absolute Gasteiger partial charge is 0.267 e. The quantitative estimate of drug-likeness (QED) is 0.200. The van der Waals surface area contributed by atoms with Gasteiger partial charge in [-0.3, -0.25) is 9.36 Å². The first-order valence-corrected chi connectivity index (χ1v) is 7.27. The van der Waals surface area contributed by atoms with Crippen molar-refractivity contribution in [2.24, 2.45) is 5.11 Å². The molecule has 1 atom stereocenters. The molecule has 9 nitrogen and oxygen atoms in total. The molecule has 0 aromatic heterocycles.